The monoisotopic (exact) mass is 346 g/mol. The van der Waals surface area contributed by atoms with Crippen LogP contribution in [0.15, 0.2) is 52.3 Å². The summed E-state index contributed by atoms with van der Waals surface area (Å²) < 4.78 is 26.0. The Morgan fingerprint density at radius 3 is 1.54 bits per heavy atom. The van der Waals surface area contributed by atoms with Gasteiger partial charge in [-0.1, -0.05) is 59.7 Å². The highest BCUT2D eigenvalue weighted by Crippen LogP contribution is 2.41. The van der Waals surface area contributed by atoms with Gasteiger partial charge in [-0.05, 0) is 35.1 Å². The summed E-state index contributed by atoms with van der Waals surface area (Å²) in [5.74, 6) is 0.182. The zero-order valence-electron chi connectivity index (χ0n) is 15.2. The summed E-state index contributed by atoms with van der Waals surface area (Å²) in [7, 11) is -3.63. The lowest BCUT2D eigenvalue weighted by atomic mass is 9.79. The molecule has 2 aromatic rings. The smallest absolute Gasteiger partial charge is 0.206 e. The highest BCUT2D eigenvalue weighted by atomic mass is 32.2. The maximum absolute atomic E-state index is 13.0. The molecule has 4 heteroatoms. The lowest BCUT2D eigenvalue weighted by Crippen LogP contribution is -2.18. The molecule has 1 N–H and O–H groups in total. The third-order valence-electron chi connectivity index (χ3n) is 4.06. The number of aromatic hydroxyl groups is 1. The molecule has 2 rings (SSSR count). The van der Waals surface area contributed by atoms with Crippen molar-refractivity contribution in [3.8, 4) is 5.75 Å². The van der Waals surface area contributed by atoms with Crippen LogP contribution < -0.4 is 0 Å². The molecule has 0 spiro atoms. The average molecular weight is 346 g/mol. The predicted molar refractivity (Wildman–Crippen MR) is 97.4 cm³/mol. The molecule has 0 fully saturated rings. The minimum Gasteiger partial charge on any atom is -0.507 e. The molecule has 0 amide bonds. The number of sulfone groups is 1. The van der Waals surface area contributed by atoms with E-state index < -0.39 is 9.84 Å². The van der Waals surface area contributed by atoms with Gasteiger partial charge in [-0.15, -0.1) is 0 Å². The SMILES string of the molecule is CC(C)(C)c1cc(S(=O)(=O)c2ccccc2)cc(C(C)(C)C)c1O. The van der Waals surface area contributed by atoms with Crippen LogP contribution >= 0.6 is 0 Å². The number of phenolic OH excluding ortho intramolecular Hbond substituents is 1. The van der Waals surface area contributed by atoms with Gasteiger partial charge in [-0.25, -0.2) is 8.42 Å². The Balaban J connectivity index is 2.81. The Bertz CT molecular complexity index is 802. The van der Waals surface area contributed by atoms with Gasteiger partial charge in [-0.2, -0.15) is 0 Å². The van der Waals surface area contributed by atoms with Crippen molar-refractivity contribution in [2.45, 2.75) is 62.2 Å². The Morgan fingerprint density at radius 2 is 1.17 bits per heavy atom. The molecule has 0 unspecified atom stereocenters. The Kier molecular flexibility index (Phi) is 4.57. The van der Waals surface area contributed by atoms with Crippen LogP contribution in [0.1, 0.15) is 52.7 Å². The largest absolute Gasteiger partial charge is 0.507 e. The molecule has 0 bridgehead atoms. The molecule has 0 aliphatic heterocycles. The van der Waals surface area contributed by atoms with E-state index in [2.05, 4.69) is 0 Å². The molecule has 130 valence electrons. The molecular weight excluding hydrogens is 320 g/mol. The van der Waals surface area contributed by atoms with Gasteiger partial charge >= 0.3 is 0 Å². The zero-order valence-corrected chi connectivity index (χ0v) is 16.0. The van der Waals surface area contributed by atoms with E-state index in [4.69, 9.17) is 0 Å². The second-order valence-corrected chi connectivity index (χ2v) is 10.1. The molecule has 0 radical (unpaired) electrons. The van der Waals surface area contributed by atoms with Gasteiger partial charge in [-0.3, -0.25) is 0 Å². The first-order valence-corrected chi connectivity index (χ1v) is 9.51. The van der Waals surface area contributed by atoms with Crippen molar-refractivity contribution in [1.29, 1.82) is 0 Å². The van der Waals surface area contributed by atoms with Crippen LogP contribution in [0.25, 0.3) is 0 Å². The van der Waals surface area contributed by atoms with Crippen LogP contribution in [0.2, 0.25) is 0 Å². The summed E-state index contributed by atoms with van der Waals surface area (Å²) in [4.78, 5) is 0.483. The molecule has 3 nitrogen and oxygen atoms in total. The number of rotatable bonds is 2. The first kappa shape index (κ1) is 18.5. The normalized spacial score (nSPS) is 13.1. The van der Waals surface area contributed by atoms with Gasteiger partial charge < -0.3 is 5.11 Å². The van der Waals surface area contributed by atoms with Crippen molar-refractivity contribution < 1.29 is 13.5 Å². The number of benzene rings is 2. The van der Waals surface area contributed by atoms with Crippen molar-refractivity contribution in [3.63, 3.8) is 0 Å². The van der Waals surface area contributed by atoms with Crippen molar-refractivity contribution >= 4 is 9.84 Å². The maximum atomic E-state index is 13.0. The highest BCUT2D eigenvalue weighted by molar-refractivity contribution is 7.91. The molecule has 0 saturated carbocycles. The summed E-state index contributed by atoms with van der Waals surface area (Å²) in [5.41, 5.74) is 0.548. The van der Waals surface area contributed by atoms with E-state index in [9.17, 15) is 13.5 Å². The Hall–Kier alpha value is -1.81. The van der Waals surface area contributed by atoms with Crippen molar-refractivity contribution in [3.05, 3.63) is 53.6 Å². The van der Waals surface area contributed by atoms with Crippen molar-refractivity contribution in [2.75, 3.05) is 0 Å². The number of phenols is 1. The van der Waals surface area contributed by atoms with E-state index in [1.165, 1.54) is 0 Å². The molecule has 0 saturated heterocycles. The van der Waals surface area contributed by atoms with Crippen molar-refractivity contribution in [1.82, 2.24) is 0 Å². The third-order valence-corrected chi connectivity index (χ3v) is 5.81. The standard InChI is InChI=1S/C20H26O3S/c1-19(2,3)16-12-15(13-17(18(16)21)20(4,5)6)24(22,23)14-10-8-7-9-11-14/h7-13,21H,1-6H3. The lowest BCUT2D eigenvalue weighted by molar-refractivity contribution is 0.422. The van der Waals surface area contributed by atoms with Crippen LogP contribution in [-0.2, 0) is 20.7 Å². The molecule has 2 aromatic carbocycles. The molecule has 24 heavy (non-hydrogen) atoms. The van der Waals surface area contributed by atoms with E-state index in [1.807, 2.05) is 41.5 Å². The Labute approximate surface area is 145 Å². The van der Waals surface area contributed by atoms with Crippen LogP contribution in [0.4, 0.5) is 0 Å². The fourth-order valence-electron chi connectivity index (χ4n) is 2.64. The van der Waals surface area contributed by atoms with Crippen molar-refractivity contribution in [2.24, 2.45) is 0 Å². The van der Waals surface area contributed by atoms with E-state index in [1.54, 1.807) is 42.5 Å². The van der Waals surface area contributed by atoms with Gasteiger partial charge in [0.25, 0.3) is 0 Å². The van der Waals surface area contributed by atoms with E-state index in [0.29, 0.717) is 11.1 Å². The zero-order chi connectivity index (χ0) is 18.3. The Morgan fingerprint density at radius 1 is 0.750 bits per heavy atom. The minimum absolute atomic E-state index is 0.182. The highest BCUT2D eigenvalue weighted by Gasteiger charge is 2.29. The molecule has 0 aromatic heterocycles. The summed E-state index contributed by atoms with van der Waals surface area (Å²) in [5, 5.41) is 10.7. The molecule has 0 atom stereocenters. The summed E-state index contributed by atoms with van der Waals surface area (Å²) in [6.07, 6.45) is 0. The average Bonchev–Trinajstić information content (AvgIpc) is 2.45. The van der Waals surface area contributed by atoms with Crippen LogP contribution in [-0.4, -0.2) is 13.5 Å². The van der Waals surface area contributed by atoms with Gasteiger partial charge in [0.1, 0.15) is 5.75 Å². The third kappa shape index (κ3) is 3.48. The fraction of sp³-hybridized carbons (Fsp3) is 0.400. The fourth-order valence-corrected chi connectivity index (χ4v) is 3.98. The lowest BCUT2D eigenvalue weighted by Gasteiger charge is -2.28. The number of hydrogen-bond donors (Lipinski definition) is 1. The number of hydrogen-bond acceptors (Lipinski definition) is 3. The summed E-state index contributed by atoms with van der Waals surface area (Å²) in [6, 6.07) is 11.6. The molecule has 0 aliphatic rings. The van der Waals surface area contributed by atoms with Crippen LogP contribution in [0.3, 0.4) is 0 Å². The summed E-state index contributed by atoms with van der Waals surface area (Å²) in [6.45, 7) is 11.8. The van der Waals surface area contributed by atoms with Gasteiger partial charge in [0, 0.05) is 11.1 Å². The molecule has 0 aliphatic carbocycles. The van der Waals surface area contributed by atoms with Gasteiger partial charge in [0.05, 0.1) is 9.79 Å². The molecule has 0 heterocycles. The van der Waals surface area contributed by atoms with Crippen LogP contribution in [0, 0.1) is 0 Å². The van der Waals surface area contributed by atoms with Gasteiger partial charge in [0.15, 0.2) is 0 Å². The first-order valence-electron chi connectivity index (χ1n) is 8.03. The predicted octanol–water partition coefficient (Wildman–Crippen LogP) is 4.82. The maximum Gasteiger partial charge on any atom is 0.206 e. The first-order chi connectivity index (χ1) is 10.8. The van der Waals surface area contributed by atoms with E-state index in [-0.39, 0.29) is 26.4 Å². The quantitative estimate of drug-likeness (QED) is 0.848. The topological polar surface area (TPSA) is 54.4 Å². The van der Waals surface area contributed by atoms with E-state index >= 15 is 0 Å². The van der Waals surface area contributed by atoms with Crippen LogP contribution in [0.5, 0.6) is 5.75 Å². The second kappa shape index (κ2) is 5.92. The van der Waals surface area contributed by atoms with E-state index in [0.717, 1.165) is 0 Å². The minimum atomic E-state index is -3.63. The summed E-state index contributed by atoms with van der Waals surface area (Å²) >= 11 is 0. The van der Waals surface area contributed by atoms with Gasteiger partial charge in [0.2, 0.25) is 9.84 Å². The molecular formula is C20H26O3S. The second-order valence-electron chi connectivity index (χ2n) is 8.18.